The van der Waals surface area contributed by atoms with Gasteiger partial charge in [-0.3, -0.25) is 4.79 Å². The van der Waals surface area contributed by atoms with E-state index in [0.29, 0.717) is 12.3 Å². The summed E-state index contributed by atoms with van der Waals surface area (Å²) in [6.07, 6.45) is 4.36. The lowest BCUT2D eigenvalue weighted by molar-refractivity contribution is -0.122. The minimum Gasteiger partial charge on any atom is -0.354 e. The van der Waals surface area contributed by atoms with Crippen LogP contribution in [0.15, 0.2) is 30.3 Å². The summed E-state index contributed by atoms with van der Waals surface area (Å²) < 4.78 is 0. The second-order valence-corrected chi connectivity index (χ2v) is 5.83. The molecule has 0 heterocycles. The molecular weight excluding hydrogens is 236 g/mol. The van der Waals surface area contributed by atoms with Crippen molar-refractivity contribution in [2.24, 2.45) is 17.6 Å². The van der Waals surface area contributed by atoms with Crippen LogP contribution in [0.2, 0.25) is 0 Å². The zero-order valence-corrected chi connectivity index (χ0v) is 11.6. The van der Waals surface area contributed by atoms with E-state index in [2.05, 4.69) is 12.2 Å². The maximum absolute atomic E-state index is 11.9. The van der Waals surface area contributed by atoms with Crippen molar-refractivity contribution in [1.29, 1.82) is 0 Å². The summed E-state index contributed by atoms with van der Waals surface area (Å²) in [6.45, 7) is 3.06. The fourth-order valence-corrected chi connectivity index (χ4v) is 2.85. The fraction of sp³-hybridized carbons (Fsp3) is 0.562. The summed E-state index contributed by atoms with van der Waals surface area (Å²) in [7, 11) is 0. The molecule has 1 saturated carbocycles. The van der Waals surface area contributed by atoms with Gasteiger partial charge in [0.2, 0.25) is 5.91 Å². The number of benzene rings is 1. The normalized spacial score (nSPS) is 24.1. The van der Waals surface area contributed by atoms with Crippen LogP contribution in [0.4, 0.5) is 0 Å². The van der Waals surface area contributed by atoms with Gasteiger partial charge in [0.25, 0.3) is 0 Å². The maximum Gasteiger partial charge on any atom is 0.237 e. The smallest absolute Gasteiger partial charge is 0.237 e. The predicted octanol–water partition coefficient (Wildman–Crippen LogP) is 2.11. The number of carbonyl (C=O) groups is 1. The Morgan fingerprint density at radius 1 is 1.37 bits per heavy atom. The van der Waals surface area contributed by atoms with Crippen LogP contribution < -0.4 is 11.1 Å². The van der Waals surface area contributed by atoms with Crippen molar-refractivity contribution in [3.63, 3.8) is 0 Å². The third-order valence-corrected chi connectivity index (χ3v) is 4.00. The molecule has 1 fully saturated rings. The van der Waals surface area contributed by atoms with E-state index in [4.69, 9.17) is 5.73 Å². The second kappa shape index (κ2) is 6.71. The molecule has 3 atom stereocenters. The summed E-state index contributed by atoms with van der Waals surface area (Å²) >= 11 is 0. The van der Waals surface area contributed by atoms with Crippen LogP contribution in [-0.2, 0) is 11.2 Å². The Kier molecular flexibility index (Phi) is 4.97. The lowest BCUT2D eigenvalue weighted by Crippen LogP contribution is -2.43. The Balaban J connectivity index is 1.73. The highest BCUT2D eigenvalue weighted by molar-refractivity contribution is 5.81. The Morgan fingerprint density at radius 3 is 2.74 bits per heavy atom. The van der Waals surface area contributed by atoms with Gasteiger partial charge in [0.1, 0.15) is 0 Å². The van der Waals surface area contributed by atoms with Gasteiger partial charge in [-0.05, 0) is 36.7 Å². The summed E-state index contributed by atoms with van der Waals surface area (Å²) in [5.74, 6) is 1.42. The number of rotatable bonds is 5. The predicted molar refractivity (Wildman–Crippen MR) is 77.6 cm³/mol. The Morgan fingerprint density at radius 2 is 2.11 bits per heavy atom. The first kappa shape index (κ1) is 14.1. The Labute approximate surface area is 115 Å². The van der Waals surface area contributed by atoms with E-state index in [1.165, 1.54) is 19.3 Å². The summed E-state index contributed by atoms with van der Waals surface area (Å²) in [6, 6.07) is 9.48. The minimum absolute atomic E-state index is 0.0246. The van der Waals surface area contributed by atoms with Crippen molar-refractivity contribution >= 4 is 5.91 Å². The number of carbonyl (C=O) groups excluding carboxylic acids is 1. The molecule has 3 heteroatoms. The molecule has 19 heavy (non-hydrogen) atoms. The third-order valence-electron chi connectivity index (χ3n) is 4.00. The van der Waals surface area contributed by atoms with Crippen LogP contribution in [0.1, 0.15) is 31.7 Å². The molecule has 1 amide bonds. The molecule has 1 aliphatic carbocycles. The SMILES string of the molecule is CC1CCC(CNC(=O)[C@H](N)Cc2ccccc2)C1. The molecule has 0 radical (unpaired) electrons. The van der Waals surface area contributed by atoms with Crippen molar-refractivity contribution in [3.05, 3.63) is 35.9 Å². The minimum atomic E-state index is -0.443. The molecule has 0 bridgehead atoms. The van der Waals surface area contributed by atoms with Gasteiger partial charge < -0.3 is 11.1 Å². The van der Waals surface area contributed by atoms with Crippen molar-refractivity contribution in [2.75, 3.05) is 6.54 Å². The molecule has 2 unspecified atom stereocenters. The van der Waals surface area contributed by atoms with Crippen LogP contribution in [0.3, 0.4) is 0 Å². The first-order valence-corrected chi connectivity index (χ1v) is 7.22. The molecule has 1 aromatic rings. The monoisotopic (exact) mass is 260 g/mol. The second-order valence-electron chi connectivity index (χ2n) is 5.83. The van der Waals surface area contributed by atoms with E-state index in [1.54, 1.807) is 0 Å². The van der Waals surface area contributed by atoms with Crippen LogP contribution in [-0.4, -0.2) is 18.5 Å². The van der Waals surface area contributed by atoms with E-state index in [1.807, 2.05) is 30.3 Å². The quantitative estimate of drug-likeness (QED) is 0.852. The highest BCUT2D eigenvalue weighted by Crippen LogP contribution is 2.29. The van der Waals surface area contributed by atoms with Gasteiger partial charge in [-0.25, -0.2) is 0 Å². The standard InChI is InChI=1S/C16H24N2O/c1-12-7-8-14(9-12)11-18-16(19)15(17)10-13-5-3-2-4-6-13/h2-6,12,14-15H,7-11,17H2,1H3,(H,18,19)/t12?,14?,15-/m1/s1. The first-order chi connectivity index (χ1) is 9.15. The van der Waals surface area contributed by atoms with Gasteiger partial charge in [-0.15, -0.1) is 0 Å². The zero-order chi connectivity index (χ0) is 13.7. The number of hydrogen-bond acceptors (Lipinski definition) is 2. The summed E-state index contributed by atoms with van der Waals surface area (Å²) in [4.78, 5) is 11.9. The highest BCUT2D eigenvalue weighted by atomic mass is 16.2. The fourth-order valence-electron chi connectivity index (χ4n) is 2.85. The molecule has 1 aromatic carbocycles. The van der Waals surface area contributed by atoms with E-state index in [0.717, 1.165) is 18.0 Å². The molecular formula is C16H24N2O. The third kappa shape index (κ3) is 4.35. The first-order valence-electron chi connectivity index (χ1n) is 7.22. The van der Waals surface area contributed by atoms with Gasteiger partial charge in [-0.2, -0.15) is 0 Å². The van der Waals surface area contributed by atoms with Gasteiger partial charge >= 0.3 is 0 Å². The average molecular weight is 260 g/mol. The number of hydrogen-bond donors (Lipinski definition) is 2. The Hall–Kier alpha value is -1.35. The van der Waals surface area contributed by atoms with E-state index < -0.39 is 6.04 Å². The lowest BCUT2D eigenvalue weighted by atomic mass is 10.0. The van der Waals surface area contributed by atoms with Crippen molar-refractivity contribution in [1.82, 2.24) is 5.32 Å². The molecule has 3 N–H and O–H groups in total. The van der Waals surface area contributed by atoms with Gasteiger partial charge in [0, 0.05) is 6.54 Å². The largest absolute Gasteiger partial charge is 0.354 e. The zero-order valence-electron chi connectivity index (χ0n) is 11.6. The lowest BCUT2D eigenvalue weighted by Gasteiger charge is -2.15. The molecule has 0 aliphatic heterocycles. The van der Waals surface area contributed by atoms with Crippen LogP contribution in [0, 0.1) is 11.8 Å². The molecule has 104 valence electrons. The van der Waals surface area contributed by atoms with Gasteiger partial charge in [0.15, 0.2) is 0 Å². The topological polar surface area (TPSA) is 55.1 Å². The highest BCUT2D eigenvalue weighted by Gasteiger charge is 2.22. The molecule has 2 rings (SSSR count). The van der Waals surface area contributed by atoms with E-state index in [-0.39, 0.29) is 5.91 Å². The van der Waals surface area contributed by atoms with Crippen LogP contribution in [0.5, 0.6) is 0 Å². The van der Waals surface area contributed by atoms with Gasteiger partial charge in [-0.1, -0.05) is 43.7 Å². The summed E-state index contributed by atoms with van der Waals surface area (Å²) in [5, 5.41) is 3.00. The van der Waals surface area contributed by atoms with Gasteiger partial charge in [0.05, 0.1) is 6.04 Å². The molecule has 0 aromatic heterocycles. The number of amides is 1. The van der Waals surface area contributed by atoms with Crippen molar-refractivity contribution in [3.8, 4) is 0 Å². The maximum atomic E-state index is 11.9. The average Bonchev–Trinajstić information content (AvgIpc) is 2.83. The summed E-state index contributed by atoms with van der Waals surface area (Å²) in [5.41, 5.74) is 7.06. The number of nitrogens with one attached hydrogen (secondary N) is 1. The molecule has 0 saturated heterocycles. The van der Waals surface area contributed by atoms with Crippen molar-refractivity contribution < 1.29 is 4.79 Å². The van der Waals surface area contributed by atoms with Crippen LogP contribution >= 0.6 is 0 Å². The Bertz CT molecular complexity index is 404. The molecule has 0 spiro atoms. The van der Waals surface area contributed by atoms with Crippen LogP contribution in [0.25, 0.3) is 0 Å². The molecule has 1 aliphatic rings. The number of nitrogens with two attached hydrogens (primary N) is 1. The van der Waals surface area contributed by atoms with Crippen molar-refractivity contribution in [2.45, 2.75) is 38.6 Å². The molecule has 3 nitrogen and oxygen atoms in total. The van der Waals surface area contributed by atoms with E-state index >= 15 is 0 Å². The van der Waals surface area contributed by atoms with E-state index in [9.17, 15) is 4.79 Å².